The van der Waals surface area contributed by atoms with E-state index in [0.29, 0.717) is 35.8 Å². The van der Waals surface area contributed by atoms with E-state index >= 15 is 0 Å². The Kier molecular flexibility index (Phi) is 7.32. The highest BCUT2D eigenvalue weighted by molar-refractivity contribution is 7.10. The van der Waals surface area contributed by atoms with Crippen molar-refractivity contribution in [3.63, 3.8) is 0 Å². The lowest BCUT2D eigenvalue weighted by Crippen LogP contribution is -2.49. The van der Waals surface area contributed by atoms with Crippen LogP contribution < -0.4 is 14.2 Å². The van der Waals surface area contributed by atoms with E-state index in [1.165, 1.54) is 17.0 Å². The molecule has 2 amide bonds. The molecule has 0 radical (unpaired) electrons. The fourth-order valence-electron chi connectivity index (χ4n) is 4.66. The molecule has 2 atom stereocenters. The second kappa shape index (κ2) is 10.8. The minimum Gasteiger partial charge on any atom is -0.491 e. The van der Waals surface area contributed by atoms with E-state index in [9.17, 15) is 14.0 Å². The fourth-order valence-corrected chi connectivity index (χ4v) is 5.59. The van der Waals surface area contributed by atoms with E-state index in [4.69, 9.17) is 14.2 Å². The molecule has 2 aliphatic rings. The Morgan fingerprint density at radius 3 is 2.73 bits per heavy atom. The largest absolute Gasteiger partial charge is 0.491 e. The summed E-state index contributed by atoms with van der Waals surface area (Å²) in [6, 6.07) is 12.5. The summed E-state index contributed by atoms with van der Waals surface area (Å²) in [6.07, 6.45) is 1.46. The molecule has 0 aliphatic carbocycles. The van der Waals surface area contributed by atoms with Gasteiger partial charge in [-0.25, -0.2) is 4.39 Å². The Balaban J connectivity index is 1.35. The fraction of sp³-hybridized carbons (Fsp3) is 0.357. The minimum absolute atomic E-state index is 0.0468. The summed E-state index contributed by atoms with van der Waals surface area (Å²) in [5.74, 6) is 0.966. The second-order valence-corrected chi connectivity index (χ2v) is 10.2. The van der Waals surface area contributed by atoms with Gasteiger partial charge in [0.25, 0.3) is 5.91 Å². The van der Waals surface area contributed by atoms with E-state index in [2.05, 4.69) is 0 Å². The van der Waals surface area contributed by atoms with Crippen LogP contribution >= 0.6 is 11.3 Å². The number of hydrogen-bond donors (Lipinski definition) is 0. The molecule has 0 spiro atoms. The predicted molar refractivity (Wildman–Crippen MR) is 138 cm³/mol. The van der Waals surface area contributed by atoms with Gasteiger partial charge in [0.1, 0.15) is 24.7 Å². The topological polar surface area (TPSA) is 68.3 Å². The van der Waals surface area contributed by atoms with E-state index < -0.39 is 0 Å². The van der Waals surface area contributed by atoms with Gasteiger partial charge >= 0.3 is 0 Å². The highest BCUT2D eigenvalue weighted by atomic mass is 32.1. The first-order valence-corrected chi connectivity index (χ1v) is 13.3. The van der Waals surface area contributed by atoms with E-state index in [1.807, 2.05) is 25.3 Å². The Morgan fingerprint density at radius 1 is 1.16 bits per heavy atom. The van der Waals surface area contributed by atoms with Crippen molar-refractivity contribution in [3.8, 4) is 17.2 Å². The molecule has 3 heterocycles. The van der Waals surface area contributed by atoms with Crippen molar-refractivity contribution in [2.75, 3.05) is 26.5 Å². The van der Waals surface area contributed by atoms with Crippen LogP contribution in [-0.4, -0.2) is 54.1 Å². The lowest BCUT2D eigenvalue weighted by molar-refractivity contribution is -0.136. The van der Waals surface area contributed by atoms with Gasteiger partial charge < -0.3 is 24.0 Å². The predicted octanol–water partition coefficient (Wildman–Crippen LogP) is 5.06. The number of halogens is 1. The van der Waals surface area contributed by atoms with Gasteiger partial charge in [0, 0.05) is 23.0 Å². The summed E-state index contributed by atoms with van der Waals surface area (Å²) in [7, 11) is 0. The summed E-state index contributed by atoms with van der Waals surface area (Å²) < 4.78 is 30.1. The maximum Gasteiger partial charge on any atom is 0.254 e. The average molecular weight is 525 g/mol. The van der Waals surface area contributed by atoms with Crippen molar-refractivity contribution >= 4 is 23.2 Å². The van der Waals surface area contributed by atoms with Crippen LogP contribution in [0.5, 0.6) is 17.2 Å². The number of carbonyl (C=O) groups excluding carboxylic acids is 2. The van der Waals surface area contributed by atoms with Gasteiger partial charge in [0.2, 0.25) is 12.7 Å². The zero-order valence-corrected chi connectivity index (χ0v) is 21.6. The van der Waals surface area contributed by atoms with Crippen LogP contribution in [0, 0.1) is 5.82 Å². The third-order valence-electron chi connectivity index (χ3n) is 6.95. The lowest BCUT2D eigenvalue weighted by Gasteiger charge is -2.38. The zero-order valence-electron chi connectivity index (χ0n) is 20.8. The summed E-state index contributed by atoms with van der Waals surface area (Å²) in [6.45, 7) is 4.79. The molecule has 3 aromatic rings. The molecule has 0 N–H and O–H groups in total. The van der Waals surface area contributed by atoms with Crippen molar-refractivity contribution in [2.45, 2.75) is 38.8 Å². The van der Waals surface area contributed by atoms with Crippen LogP contribution in [0.1, 0.15) is 47.1 Å². The van der Waals surface area contributed by atoms with E-state index in [1.54, 1.807) is 51.5 Å². The molecule has 2 aromatic carbocycles. The Labute approximate surface area is 219 Å². The van der Waals surface area contributed by atoms with Gasteiger partial charge in [-0.1, -0.05) is 6.92 Å². The molecule has 0 saturated heterocycles. The number of hydrogen-bond acceptors (Lipinski definition) is 6. The van der Waals surface area contributed by atoms with Crippen molar-refractivity contribution in [2.24, 2.45) is 0 Å². The number of rotatable bonds is 8. The van der Waals surface area contributed by atoms with Crippen molar-refractivity contribution in [3.05, 3.63) is 75.7 Å². The lowest BCUT2D eigenvalue weighted by atomic mass is 10.00. The van der Waals surface area contributed by atoms with Crippen LogP contribution in [-0.2, 0) is 11.2 Å². The first kappa shape index (κ1) is 25.1. The Morgan fingerprint density at radius 2 is 1.95 bits per heavy atom. The minimum atomic E-state index is -0.334. The van der Waals surface area contributed by atoms with Gasteiger partial charge in [-0.2, -0.15) is 0 Å². The molecule has 5 rings (SSSR count). The molecule has 2 aliphatic heterocycles. The summed E-state index contributed by atoms with van der Waals surface area (Å²) in [5, 5.41) is 2.03. The van der Waals surface area contributed by atoms with Crippen LogP contribution in [0.4, 0.5) is 4.39 Å². The third-order valence-corrected chi connectivity index (χ3v) is 7.94. The average Bonchev–Trinajstić information content (AvgIpc) is 3.59. The highest BCUT2D eigenvalue weighted by Gasteiger charge is 2.34. The number of carbonyl (C=O) groups is 2. The van der Waals surface area contributed by atoms with Gasteiger partial charge in [-0.3, -0.25) is 9.59 Å². The quantitative estimate of drug-likeness (QED) is 0.412. The molecular weight excluding hydrogens is 495 g/mol. The smallest absolute Gasteiger partial charge is 0.254 e. The number of thiophene rings is 1. The maximum atomic E-state index is 13.7. The molecular formula is C28H29FN2O5S. The van der Waals surface area contributed by atoms with Crippen molar-refractivity contribution in [1.82, 2.24) is 9.80 Å². The van der Waals surface area contributed by atoms with E-state index in [-0.39, 0.29) is 49.7 Å². The number of ether oxygens (including phenoxy) is 3. The first-order valence-electron chi connectivity index (χ1n) is 12.4. The van der Waals surface area contributed by atoms with Gasteiger partial charge in [-0.15, -0.1) is 11.3 Å². The number of benzene rings is 2. The normalized spacial score (nSPS) is 16.7. The summed E-state index contributed by atoms with van der Waals surface area (Å²) in [5.41, 5.74) is 1.51. The molecule has 194 valence electrons. The Bertz CT molecular complexity index is 1280. The van der Waals surface area contributed by atoms with Gasteiger partial charge in [0.05, 0.1) is 6.04 Å². The highest BCUT2D eigenvalue weighted by Crippen LogP contribution is 2.35. The van der Waals surface area contributed by atoms with Gasteiger partial charge in [0.15, 0.2) is 11.5 Å². The molecule has 0 bridgehead atoms. The molecule has 9 heteroatoms. The Hall–Kier alpha value is -3.59. The van der Waals surface area contributed by atoms with Crippen LogP contribution in [0.3, 0.4) is 0 Å². The van der Waals surface area contributed by atoms with Crippen LogP contribution in [0.2, 0.25) is 0 Å². The first-order chi connectivity index (χ1) is 17.9. The molecule has 0 unspecified atom stereocenters. The summed E-state index contributed by atoms with van der Waals surface area (Å²) in [4.78, 5) is 31.9. The standard InChI is InChI=1S/C28H29FN2O5S/c1-3-18(2)31(28(33)19-4-9-24-25(14-19)36-17-35-24)15-27(32)30-12-10-26-22(11-13-37-26)23(30)16-34-21-7-5-20(29)6-8-21/h4-9,11,13-14,18,23H,3,10,12,15-17H2,1-2H3/t18-,23-/m0/s1. The molecule has 0 saturated carbocycles. The molecule has 1 aromatic heterocycles. The van der Waals surface area contributed by atoms with Crippen LogP contribution in [0.25, 0.3) is 0 Å². The zero-order chi connectivity index (χ0) is 25.9. The third kappa shape index (κ3) is 5.27. The van der Waals surface area contributed by atoms with E-state index in [0.717, 1.165) is 12.0 Å². The molecule has 7 nitrogen and oxygen atoms in total. The van der Waals surface area contributed by atoms with Crippen LogP contribution in [0.15, 0.2) is 53.9 Å². The maximum absolute atomic E-state index is 13.7. The number of amides is 2. The van der Waals surface area contributed by atoms with Crippen molar-refractivity contribution < 1.29 is 28.2 Å². The van der Waals surface area contributed by atoms with Gasteiger partial charge in [-0.05, 0) is 79.2 Å². The molecule has 37 heavy (non-hydrogen) atoms. The summed E-state index contributed by atoms with van der Waals surface area (Å²) >= 11 is 1.67. The molecule has 0 fully saturated rings. The SMILES string of the molecule is CC[C@H](C)N(CC(=O)N1CCc2sccc2[C@@H]1COc1ccc(F)cc1)C(=O)c1ccc2c(c1)OCO2. The monoisotopic (exact) mass is 524 g/mol. The van der Waals surface area contributed by atoms with Crippen molar-refractivity contribution in [1.29, 1.82) is 0 Å². The number of fused-ring (bicyclic) bond motifs is 2. The second-order valence-electron chi connectivity index (χ2n) is 9.18. The number of nitrogens with zero attached hydrogens (tertiary/aromatic N) is 2.